The maximum atomic E-state index is 12.6. The van der Waals surface area contributed by atoms with Gasteiger partial charge in [0.2, 0.25) is 10.0 Å². The number of halogens is 1. The van der Waals surface area contributed by atoms with Gasteiger partial charge in [-0.3, -0.25) is 0 Å². The van der Waals surface area contributed by atoms with E-state index in [4.69, 9.17) is 11.6 Å². The van der Waals surface area contributed by atoms with Gasteiger partial charge in [-0.25, -0.2) is 13.1 Å². The Hall–Kier alpha value is -1.40. The maximum absolute atomic E-state index is 12.6. The van der Waals surface area contributed by atoms with Crippen LogP contribution in [0.2, 0.25) is 5.02 Å². The Labute approximate surface area is 199 Å². The van der Waals surface area contributed by atoms with Gasteiger partial charge >= 0.3 is 0 Å². The third-order valence-corrected chi connectivity index (χ3v) is 8.48. The smallest absolute Gasteiger partial charge is 0.240 e. The van der Waals surface area contributed by atoms with Gasteiger partial charge in [0.1, 0.15) is 0 Å². The van der Waals surface area contributed by atoms with Crippen LogP contribution in [0.3, 0.4) is 0 Å². The van der Waals surface area contributed by atoms with E-state index in [-0.39, 0.29) is 5.92 Å². The maximum Gasteiger partial charge on any atom is 0.240 e. The standard InChI is InChI=1S/C26H37ClN2O2S/c1-26(2,3)23-14-18-29(19-15-23)17-13-21(22-8-7-9-24(27)20-22)12-16-28-32(30,31)25-10-5-4-6-11-25/h4-11,20-21,23,28H,12-19H2,1-3H3. The van der Waals surface area contributed by atoms with Gasteiger partial charge in [-0.2, -0.15) is 0 Å². The molecule has 1 fully saturated rings. The molecule has 1 aliphatic heterocycles. The first kappa shape index (κ1) is 25.2. The Balaban J connectivity index is 1.58. The average Bonchev–Trinajstić information content (AvgIpc) is 2.76. The largest absolute Gasteiger partial charge is 0.303 e. The molecule has 0 amide bonds. The van der Waals surface area contributed by atoms with E-state index in [2.05, 4.69) is 36.5 Å². The molecule has 176 valence electrons. The van der Waals surface area contributed by atoms with Gasteiger partial charge in [0.25, 0.3) is 0 Å². The second-order valence-electron chi connectivity index (χ2n) is 10.0. The highest BCUT2D eigenvalue weighted by molar-refractivity contribution is 7.89. The van der Waals surface area contributed by atoms with E-state index in [9.17, 15) is 8.42 Å². The summed E-state index contributed by atoms with van der Waals surface area (Å²) in [6.07, 6.45) is 4.24. The van der Waals surface area contributed by atoms with E-state index in [1.807, 2.05) is 24.3 Å². The van der Waals surface area contributed by atoms with E-state index >= 15 is 0 Å². The highest BCUT2D eigenvalue weighted by Crippen LogP contribution is 2.35. The van der Waals surface area contributed by atoms with Gasteiger partial charge in [0, 0.05) is 11.6 Å². The van der Waals surface area contributed by atoms with Gasteiger partial charge < -0.3 is 4.90 Å². The van der Waals surface area contributed by atoms with Crippen LogP contribution >= 0.6 is 11.6 Å². The lowest BCUT2D eigenvalue weighted by atomic mass is 9.75. The van der Waals surface area contributed by atoms with Crippen molar-refractivity contribution in [3.8, 4) is 0 Å². The molecule has 4 nitrogen and oxygen atoms in total. The number of hydrogen-bond donors (Lipinski definition) is 1. The molecule has 1 atom stereocenters. The molecule has 2 aromatic rings. The van der Waals surface area contributed by atoms with Crippen LogP contribution in [0.15, 0.2) is 59.5 Å². The van der Waals surface area contributed by atoms with Crippen molar-refractivity contribution in [2.45, 2.75) is 57.3 Å². The molecule has 0 aliphatic carbocycles. The van der Waals surface area contributed by atoms with Crippen molar-refractivity contribution in [2.75, 3.05) is 26.2 Å². The van der Waals surface area contributed by atoms with Crippen LogP contribution in [-0.4, -0.2) is 39.5 Å². The van der Waals surface area contributed by atoms with Crippen LogP contribution in [0.4, 0.5) is 0 Å². The highest BCUT2D eigenvalue weighted by Gasteiger charge is 2.29. The molecule has 6 heteroatoms. The normalized spacial score (nSPS) is 17.4. The Morgan fingerprint density at radius 1 is 1.03 bits per heavy atom. The molecular formula is C26H37ClN2O2S. The monoisotopic (exact) mass is 476 g/mol. The molecule has 1 heterocycles. The summed E-state index contributed by atoms with van der Waals surface area (Å²) in [5.74, 6) is 1.04. The molecule has 0 bridgehead atoms. The van der Waals surface area contributed by atoms with E-state index in [1.54, 1.807) is 24.3 Å². The Kier molecular flexibility index (Phi) is 8.79. The molecule has 1 aliphatic rings. The number of sulfonamides is 1. The second kappa shape index (κ2) is 11.1. The van der Waals surface area contributed by atoms with Crippen molar-refractivity contribution in [3.05, 3.63) is 65.2 Å². The molecule has 0 spiro atoms. The lowest BCUT2D eigenvalue weighted by Crippen LogP contribution is -2.38. The van der Waals surface area contributed by atoms with Gasteiger partial charge in [0.15, 0.2) is 0 Å². The predicted molar refractivity (Wildman–Crippen MR) is 134 cm³/mol. The van der Waals surface area contributed by atoms with Crippen LogP contribution in [0, 0.1) is 11.3 Å². The summed E-state index contributed by atoms with van der Waals surface area (Å²) in [5.41, 5.74) is 1.56. The predicted octanol–water partition coefficient (Wildman–Crippen LogP) is 5.94. The molecule has 0 aromatic heterocycles. The topological polar surface area (TPSA) is 49.4 Å². The summed E-state index contributed by atoms with van der Waals surface area (Å²) in [5, 5.41) is 0.725. The number of nitrogens with zero attached hydrogens (tertiary/aromatic N) is 1. The summed E-state index contributed by atoms with van der Waals surface area (Å²) in [6.45, 7) is 10.8. The van der Waals surface area contributed by atoms with Crippen molar-refractivity contribution in [2.24, 2.45) is 11.3 Å². The zero-order valence-corrected chi connectivity index (χ0v) is 21.1. The third kappa shape index (κ3) is 7.31. The molecule has 32 heavy (non-hydrogen) atoms. The summed E-state index contributed by atoms with van der Waals surface area (Å²) in [7, 11) is -3.49. The van der Waals surface area contributed by atoms with Gasteiger partial charge in [0.05, 0.1) is 4.90 Å². The minimum atomic E-state index is -3.49. The SMILES string of the molecule is CC(C)(C)C1CCN(CCC(CCNS(=O)(=O)c2ccccc2)c2cccc(Cl)c2)CC1. The minimum absolute atomic E-state index is 0.257. The molecule has 1 unspecified atom stereocenters. The lowest BCUT2D eigenvalue weighted by molar-refractivity contribution is 0.110. The molecule has 3 rings (SSSR count). The van der Waals surface area contributed by atoms with Gasteiger partial charge in [-0.15, -0.1) is 0 Å². The van der Waals surface area contributed by atoms with Crippen molar-refractivity contribution in [1.29, 1.82) is 0 Å². The first-order chi connectivity index (χ1) is 15.1. The van der Waals surface area contributed by atoms with Gasteiger partial charge in [-0.1, -0.05) is 62.7 Å². The number of likely N-dealkylation sites (tertiary alicyclic amines) is 1. The molecule has 1 N–H and O–H groups in total. The van der Waals surface area contributed by atoms with Crippen LogP contribution in [0.1, 0.15) is 57.9 Å². The Morgan fingerprint density at radius 2 is 1.72 bits per heavy atom. The molecule has 1 saturated heterocycles. The first-order valence-corrected chi connectivity index (χ1v) is 13.5. The van der Waals surface area contributed by atoms with E-state index in [1.165, 1.54) is 18.4 Å². The van der Waals surface area contributed by atoms with Crippen molar-refractivity contribution < 1.29 is 8.42 Å². The van der Waals surface area contributed by atoms with Crippen molar-refractivity contribution >= 4 is 21.6 Å². The summed E-state index contributed by atoms with van der Waals surface area (Å²) in [6, 6.07) is 16.5. The summed E-state index contributed by atoms with van der Waals surface area (Å²) < 4.78 is 27.9. The molecular weight excluding hydrogens is 440 g/mol. The molecule has 2 aromatic carbocycles. The zero-order valence-electron chi connectivity index (χ0n) is 19.6. The van der Waals surface area contributed by atoms with Crippen LogP contribution in [-0.2, 0) is 10.0 Å². The van der Waals surface area contributed by atoms with Crippen LogP contribution in [0.25, 0.3) is 0 Å². The average molecular weight is 477 g/mol. The minimum Gasteiger partial charge on any atom is -0.303 e. The first-order valence-electron chi connectivity index (χ1n) is 11.7. The fourth-order valence-corrected chi connectivity index (χ4v) is 5.92. The number of nitrogens with one attached hydrogen (secondary N) is 1. The summed E-state index contributed by atoms with van der Waals surface area (Å²) in [4.78, 5) is 2.87. The number of rotatable bonds is 9. The fraction of sp³-hybridized carbons (Fsp3) is 0.538. The van der Waals surface area contributed by atoms with E-state index in [0.29, 0.717) is 16.9 Å². The van der Waals surface area contributed by atoms with Crippen molar-refractivity contribution in [1.82, 2.24) is 9.62 Å². The van der Waals surface area contributed by atoms with Crippen molar-refractivity contribution in [3.63, 3.8) is 0 Å². The number of piperidine rings is 1. The third-order valence-electron chi connectivity index (χ3n) is 6.76. The Morgan fingerprint density at radius 3 is 2.34 bits per heavy atom. The van der Waals surface area contributed by atoms with Crippen LogP contribution in [0.5, 0.6) is 0 Å². The van der Waals surface area contributed by atoms with Crippen LogP contribution < -0.4 is 4.72 Å². The number of benzene rings is 2. The highest BCUT2D eigenvalue weighted by atomic mass is 35.5. The summed E-state index contributed by atoms with van der Waals surface area (Å²) >= 11 is 6.26. The quantitative estimate of drug-likeness (QED) is 0.487. The Bertz CT molecular complexity index is 949. The lowest BCUT2D eigenvalue weighted by Gasteiger charge is -2.39. The second-order valence-corrected chi connectivity index (χ2v) is 12.2. The molecule has 0 saturated carbocycles. The zero-order chi connectivity index (χ0) is 23.2. The van der Waals surface area contributed by atoms with Gasteiger partial charge in [-0.05, 0) is 92.4 Å². The van der Waals surface area contributed by atoms with E-state index in [0.717, 1.165) is 43.4 Å². The number of hydrogen-bond acceptors (Lipinski definition) is 3. The fourth-order valence-electron chi connectivity index (χ4n) is 4.65. The van der Waals surface area contributed by atoms with E-state index < -0.39 is 10.0 Å². The molecule has 0 radical (unpaired) electrons.